The van der Waals surface area contributed by atoms with Crippen molar-refractivity contribution in [3.63, 3.8) is 0 Å². The van der Waals surface area contributed by atoms with E-state index in [0.29, 0.717) is 40.8 Å². The van der Waals surface area contributed by atoms with E-state index in [9.17, 15) is 24.0 Å². The SMILES string of the molecule is CCOC(=O)c1c(NC(=O)COC(=O)[C@H](C(C)C)N2C(=O)c3c(Br)c(Br)c(Br)c(Br)c3C2=O)sc2c1CC[C@@H](C)C2. The van der Waals surface area contributed by atoms with Gasteiger partial charge in [-0.1, -0.05) is 20.8 Å². The predicted molar refractivity (Wildman–Crippen MR) is 167 cm³/mol. The lowest BCUT2D eigenvalue weighted by molar-refractivity contribution is -0.152. The van der Waals surface area contributed by atoms with Crippen molar-refractivity contribution in [2.45, 2.75) is 53.0 Å². The molecule has 0 radical (unpaired) electrons. The van der Waals surface area contributed by atoms with Gasteiger partial charge in [0.15, 0.2) is 6.61 Å². The zero-order valence-electron chi connectivity index (χ0n) is 22.5. The lowest BCUT2D eigenvalue weighted by atomic mass is 9.88. The third-order valence-corrected chi connectivity index (χ3v) is 12.8. The van der Waals surface area contributed by atoms with Gasteiger partial charge in [0, 0.05) is 22.8 Å². The lowest BCUT2D eigenvalue weighted by Gasteiger charge is -2.27. The van der Waals surface area contributed by atoms with Crippen LogP contribution in [0.5, 0.6) is 0 Å². The Morgan fingerprint density at radius 3 is 2.12 bits per heavy atom. The minimum atomic E-state index is -1.28. The Morgan fingerprint density at radius 1 is 1.00 bits per heavy atom. The molecule has 0 bridgehead atoms. The number of halogens is 4. The highest BCUT2D eigenvalue weighted by atomic mass is 79.9. The standard InChI is InChI=1S/C27H26Br4N2O7S/c1-5-39-26(37)15-12-7-6-11(4)8-13(12)41-23(15)32-14(34)9-40-27(38)22(10(2)3)33-24(35)16-17(25(33)36)19(29)21(31)20(30)18(16)28/h10-11,22H,5-9H2,1-4H3,(H,32,34)/t11-,22+/m1/s1. The summed E-state index contributed by atoms with van der Waals surface area (Å²) in [7, 11) is 0. The fraction of sp³-hybridized carbons (Fsp3) is 0.444. The number of carbonyl (C=O) groups is 5. The van der Waals surface area contributed by atoms with Crippen molar-refractivity contribution in [1.29, 1.82) is 0 Å². The largest absolute Gasteiger partial charge is 0.462 e. The van der Waals surface area contributed by atoms with E-state index in [-0.39, 0.29) is 17.7 Å². The van der Waals surface area contributed by atoms with Gasteiger partial charge in [-0.3, -0.25) is 19.3 Å². The summed E-state index contributed by atoms with van der Waals surface area (Å²) in [5, 5.41) is 3.06. The monoisotopic (exact) mass is 838 g/mol. The molecule has 220 valence electrons. The van der Waals surface area contributed by atoms with Crippen molar-refractivity contribution in [2.75, 3.05) is 18.5 Å². The second kappa shape index (κ2) is 12.9. The molecule has 41 heavy (non-hydrogen) atoms. The van der Waals surface area contributed by atoms with Crippen LogP contribution in [0.25, 0.3) is 0 Å². The maximum atomic E-state index is 13.4. The van der Waals surface area contributed by atoms with Gasteiger partial charge in [0.05, 0.1) is 23.3 Å². The number of carbonyl (C=O) groups excluding carboxylic acids is 5. The molecular formula is C27H26Br4N2O7S. The summed E-state index contributed by atoms with van der Waals surface area (Å²) in [6.07, 6.45) is 2.44. The number of benzene rings is 1. The van der Waals surface area contributed by atoms with E-state index in [4.69, 9.17) is 9.47 Å². The molecule has 1 aliphatic carbocycles. The quantitative estimate of drug-likeness (QED) is 0.133. The molecule has 9 nitrogen and oxygen atoms in total. The maximum Gasteiger partial charge on any atom is 0.341 e. The average Bonchev–Trinajstić information content (AvgIpc) is 3.38. The Labute approximate surface area is 274 Å². The molecule has 1 aromatic heterocycles. The summed E-state index contributed by atoms with van der Waals surface area (Å²) >= 11 is 14.8. The topological polar surface area (TPSA) is 119 Å². The molecule has 2 heterocycles. The molecule has 1 N–H and O–H groups in total. The number of hydrogen-bond donors (Lipinski definition) is 1. The van der Waals surface area contributed by atoms with Gasteiger partial charge in [-0.15, -0.1) is 11.3 Å². The third kappa shape index (κ3) is 6.09. The van der Waals surface area contributed by atoms with Gasteiger partial charge >= 0.3 is 11.9 Å². The highest BCUT2D eigenvalue weighted by molar-refractivity contribution is 9.15. The van der Waals surface area contributed by atoms with Crippen molar-refractivity contribution in [3.8, 4) is 0 Å². The normalized spacial score (nSPS) is 16.9. The van der Waals surface area contributed by atoms with E-state index >= 15 is 0 Å². The van der Waals surface area contributed by atoms with Gasteiger partial charge in [0.2, 0.25) is 0 Å². The van der Waals surface area contributed by atoms with Crippen molar-refractivity contribution in [2.24, 2.45) is 11.8 Å². The minimum Gasteiger partial charge on any atom is -0.462 e. The Balaban J connectivity index is 1.52. The van der Waals surface area contributed by atoms with Crippen molar-refractivity contribution >= 4 is 110 Å². The van der Waals surface area contributed by atoms with E-state index in [1.165, 1.54) is 11.3 Å². The Kier molecular flexibility index (Phi) is 10.2. The van der Waals surface area contributed by atoms with E-state index in [2.05, 4.69) is 76.0 Å². The summed E-state index contributed by atoms with van der Waals surface area (Å²) in [6, 6.07) is -1.28. The van der Waals surface area contributed by atoms with Crippen LogP contribution in [-0.4, -0.2) is 53.8 Å². The third-order valence-electron chi connectivity index (χ3n) is 6.87. The number of rotatable bonds is 8. The van der Waals surface area contributed by atoms with Crippen molar-refractivity contribution in [1.82, 2.24) is 4.90 Å². The molecule has 4 rings (SSSR count). The molecule has 2 atom stereocenters. The van der Waals surface area contributed by atoms with Crippen molar-refractivity contribution < 1.29 is 33.4 Å². The summed E-state index contributed by atoms with van der Waals surface area (Å²) in [5.41, 5.74) is 1.45. The van der Waals surface area contributed by atoms with Gasteiger partial charge in [0.25, 0.3) is 17.7 Å². The van der Waals surface area contributed by atoms with E-state index in [1.54, 1.807) is 20.8 Å². The molecule has 0 saturated heterocycles. The highest BCUT2D eigenvalue weighted by Gasteiger charge is 2.48. The molecule has 0 spiro atoms. The van der Waals surface area contributed by atoms with Gasteiger partial charge < -0.3 is 14.8 Å². The molecule has 0 fully saturated rings. The van der Waals surface area contributed by atoms with Crippen LogP contribution in [0.2, 0.25) is 0 Å². The Bertz CT molecular complexity index is 1430. The van der Waals surface area contributed by atoms with Gasteiger partial charge in [-0.2, -0.15) is 0 Å². The van der Waals surface area contributed by atoms with Crippen LogP contribution in [0.4, 0.5) is 5.00 Å². The average molecular weight is 842 g/mol. The number of esters is 2. The lowest BCUT2D eigenvalue weighted by Crippen LogP contribution is -2.49. The fourth-order valence-electron chi connectivity index (χ4n) is 4.94. The van der Waals surface area contributed by atoms with Crippen molar-refractivity contribution in [3.05, 3.63) is 45.0 Å². The van der Waals surface area contributed by atoms with Gasteiger partial charge in [-0.25, -0.2) is 9.59 Å². The predicted octanol–water partition coefficient (Wildman–Crippen LogP) is 6.90. The second-order valence-corrected chi connectivity index (χ2v) is 14.4. The number of thiophene rings is 1. The van der Waals surface area contributed by atoms with E-state index in [0.717, 1.165) is 28.2 Å². The van der Waals surface area contributed by atoms with E-state index < -0.39 is 48.2 Å². The van der Waals surface area contributed by atoms with Crippen LogP contribution in [0, 0.1) is 11.8 Å². The number of ether oxygens (including phenoxy) is 2. The number of hydrogen-bond acceptors (Lipinski definition) is 8. The molecular weight excluding hydrogens is 816 g/mol. The van der Waals surface area contributed by atoms with Crippen LogP contribution in [0.1, 0.15) is 75.6 Å². The summed E-state index contributed by atoms with van der Waals surface area (Å²) in [6.45, 7) is 6.73. The molecule has 0 unspecified atom stereocenters. The fourth-order valence-corrected chi connectivity index (χ4v) is 8.81. The zero-order valence-corrected chi connectivity index (χ0v) is 29.7. The zero-order chi connectivity index (χ0) is 30.3. The van der Waals surface area contributed by atoms with E-state index in [1.807, 2.05) is 0 Å². The first-order valence-electron chi connectivity index (χ1n) is 12.8. The Morgan fingerprint density at radius 2 is 1.59 bits per heavy atom. The van der Waals surface area contributed by atoms with Gasteiger partial charge in [0.1, 0.15) is 11.0 Å². The number of amides is 3. The van der Waals surface area contributed by atoms with Crippen LogP contribution in [-0.2, 0) is 31.9 Å². The number of imide groups is 1. The second-order valence-electron chi connectivity index (χ2n) is 10.1. The number of fused-ring (bicyclic) bond motifs is 2. The molecule has 2 aromatic rings. The number of nitrogens with one attached hydrogen (secondary N) is 1. The smallest absolute Gasteiger partial charge is 0.341 e. The molecule has 0 saturated carbocycles. The first-order valence-corrected chi connectivity index (χ1v) is 16.8. The summed E-state index contributed by atoms with van der Waals surface area (Å²) in [4.78, 5) is 67.7. The van der Waals surface area contributed by atoms with Crippen LogP contribution in [0.3, 0.4) is 0 Å². The van der Waals surface area contributed by atoms with Crippen LogP contribution < -0.4 is 5.32 Å². The summed E-state index contributed by atoms with van der Waals surface area (Å²) in [5.74, 6) is -3.45. The Hall–Kier alpha value is -1.61. The minimum absolute atomic E-state index is 0.107. The molecule has 1 aliphatic heterocycles. The number of anilines is 1. The van der Waals surface area contributed by atoms with Crippen LogP contribution in [0.15, 0.2) is 17.9 Å². The van der Waals surface area contributed by atoms with Gasteiger partial charge in [-0.05, 0) is 107 Å². The molecule has 14 heteroatoms. The molecule has 3 amide bonds. The van der Waals surface area contributed by atoms with Crippen LogP contribution >= 0.6 is 75.1 Å². The first kappa shape index (κ1) is 32.3. The first-order chi connectivity index (χ1) is 19.3. The molecule has 2 aliphatic rings. The molecule has 1 aromatic carbocycles. The number of nitrogens with zero attached hydrogens (tertiary/aromatic N) is 1. The highest BCUT2D eigenvalue weighted by Crippen LogP contribution is 2.46. The summed E-state index contributed by atoms with van der Waals surface area (Å²) < 4.78 is 12.4. The maximum absolute atomic E-state index is 13.4.